The maximum atomic E-state index is 11.3. The number of carbonyl (C=O) groups is 2. The van der Waals surface area contributed by atoms with Crippen LogP contribution in [0.1, 0.15) is 30.9 Å². The third kappa shape index (κ3) is 2.77. The van der Waals surface area contributed by atoms with E-state index in [2.05, 4.69) is 19.2 Å². The number of rotatable bonds is 2. The molecule has 0 saturated carbocycles. The van der Waals surface area contributed by atoms with Crippen LogP contribution >= 0.6 is 11.8 Å². The molecule has 1 heterocycles. The Morgan fingerprint density at radius 3 is 2.29 bits per heavy atom. The van der Waals surface area contributed by atoms with Gasteiger partial charge in [0.15, 0.2) is 0 Å². The van der Waals surface area contributed by atoms with Crippen molar-refractivity contribution in [2.24, 2.45) is 0 Å². The summed E-state index contributed by atoms with van der Waals surface area (Å²) >= 11 is 0.941. The number of imide groups is 1. The summed E-state index contributed by atoms with van der Waals surface area (Å²) in [5.41, 5.74) is 2.19. The number of nitrogens with one attached hydrogen (secondary N) is 1. The van der Waals surface area contributed by atoms with Crippen LogP contribution in [0.5, 0.6) is 0 Å². The number of hydrogen-bond donors (Lipinski definition) is 1. The zero-order chi connectivity index (χ0) is 12.4. The lowest BCUT2D eigenvalue weighted by Crippen LogP contribution is -2.17. The van der Waals surface area contributed by atoms with Gasteiger partial charge in [-0.2, -0.15) is 0 Å². The van der Waals surface area contributed by atoms with E-state index in [0.717, 1.165) is 17.3 Å². The molecule has 0 aromatic heterocycles. The molecule has 2 amide bonds. The molecule has 0 atom stereocenters. The van der Waals surface area contributed by atoms with E-state index in [-0.39, 0.29) is 11.1 Å². The summed E-state index contributed by atoms with van der Waals surface area (Å²) in [6.07, 6.45) is 1.73. The molecule has 1 aliphatic rings. The Labute approximate surface area is 104 Å². The van der Waals surface area contributed by atoms with Crippen LogP contribution in [-0.2, 0) is 4.79 Å². The average Bonchev–Trinajstić information content (AvgIpc) is 2.58. The van der Waals surface area contributed by atoms with Crippen LogP contribution in [0.25, 0.3) is 6.08 Å². The van der Waals surface area contributed by atoms with E-state index >= 15 is 0 Å². The van der Waals surface area contributed by atoms with E-state index in [9.17, 15) is 9.59 Å². The quantitative estimate of drug-likeness (QED) is 0.817. The summed E-state index contributed by atoms with van der Waals surface area (Å²) in [5, 5.41) is 1.93. The Kier molecular flexibility index (Phi) is 3.33. The highest BCUT2D eigenvalue weighted by Crippen LogP contribution is 2.26. The van der Waals surface area contributed by atoms with Crippen LogP contribution in [0.3, 0.4) is 0 Å². The van der Waals surface area contributed by atoms with Crippen molar-refractivity contribution >= 4 is 29.0 Å². The van der Waals surface area contributed by atoms with Crippen molar-refractivity contribution in [1.29, 1.82) is 0 Å². The Morgan fingerprint density at radius 1 is 1.18 bits per heavy atom. The molecule has 88 valence electrons. The van der Waals surface area contributed by atoms with Gasteiger partial charge in [-0.1, -0.05) is 38.1 Å². The van der Waals surface area contributed by atoms with Gasteiger partial charge < -0.3 is 0 Å². The molecular weight excluding hydrogens is 234 g/mol. The first-order valence-electron chi connectivity index (χ1n) is 5.41. The van der Waals surface area contributed by atoms with Crippen LogP contribution in [0.2, 0.25) is 0 Å². The number of benzene rings is 1. The molecule has 1 aliphatic heterocycles. The van der Waals surface area contributed by atoms with Crippen LogP contribution in [-0.4, -0.2) is 11.1 Å². The highest BCUT2D eigenvalue weighted by atomic mass is 32.2. The first-order valence-corrected chi connectivity index (χ1v) is 6.23. The largest absolute Gasteiger partial charge is 0.290 e. The van der Waals surface area contributed by atoms with E-state index < -0.39 is 0 Å². The molecule has 0 aliphatic carbocycles. The van der Waals surface area contributed by atoms with Gasteiger partial charge in [0, 0.05) is 0 Å². The fourth-order valence-electron chi connectivity index (χ4n) is 1.55. The highest BCUT2D eigenvalue weighted by molar-refractivity contribution is 8.18. The lowest BCUT2D eigenvalue weighted by atomic mass is 10.0. The van der Waals surface area contributed by atoms with Gasteiger partial charge in [0.1, 0.15) is 0 Å². The van der Waals surface area contributed by atoms with Gasteiger partial charge in [0.05, 0.1) is 4.91 Å². The molecule has 0 bridgehead atoms. The van der Waals surface area contributed by atoms with Gasteiger partial charge in [-0.25, -0.2) is 0 Å². The third-order valence-corrected chi connectivity index (χ3v) is 3.35. The fourth-order valence-corrected chi connectivity index (χ4v) is 2.23. The number of carbonyl (C=O) groups excluding carboxylic acids is 2. The van der Waals surface area contributed by atoms with Gasteiger partial charge >= 0.3 is 0 Å². The second-order valence-electron chi connectivity index (χ2n) is 4.17. The number of amides is 2. The highest BCUT2D eigenvalue weighted by Gasteiger charge is 2.24. The SMILES string of the molecule is CC(C)c1ccc(C=C2SC(=O)NC2=O)cc1. The van der Waals surface area contributed by atoms with Gasteiger partial charge in [0.25, 0.3) is 11.1 Å². The first-order chi connectivity index (χ1) is 8.06. The van der Waals surface area contributed by atoms with E-state index in [4.69, 9.17) is 0 Å². The number of hydrogen-bond acceptors (Lipinski definition) is 3. The van der Waals surface area contributed by atoms with Gasteiger partial charge in [-0.3, -0.25) is 14.9 Å². The molecule has 0 unspecified atom stereocenters. The predicted molar refractivity (Wildman–Crippen MR) is 69.6 cm³/mol. The molecule has 1 aromatic rings. The monoisotopic (exact) mass is 247 g/mol. The van der Waals surface area contributed by atoms with Gasteiger partial charge in [0.2, 0.25) is 0 Å². The standard InChI is InChI=1S/C13H13NO2S/c1-8(2)10-5-3-9(4-6-10)7-11-12(15)14-13(16)17-11/h3-8H,1-2H3,(H,14,15,16). The van der Waals surface area contributed by atoms with E-state index in [1.165, 1.54) is 5.56 Å². The van der Waals surface area contributed by atoms with Crippen molar-refractivity contribution < 1.29 is 9.59 Å². The summed E-state index contributed by atoms with van der Waals surface area (Å²) in [7, 11) is 0. The fraction of sp³-hybridized carbons (Fsp3) is 0.231. The number of thioether (sulfide) groups is 1. The van der Waals surface area contributed by atoms with E-state index in [1.54, 1.807) is 6.08 Å². The average molecular weight is 247 g/mol. The van der Waals surface area contributed by atoms with E-state index in [1.807, 2.05) is 24.3 Å². The van der Waals surface area contributed by atoms with E-state index in [0.29, 0.717) is 10.8 Å². The Balaban J connectivity index is 2.21. The molecule has 4 heteroatoms. The van der Waals surface area contributed by atoms with Crippen molar-refractivity contribution in [1.82, 2.24) is 5.32 Å². The molecule has 0 radical (unpaired) electrons. The molecule has 1 N–H and O–H groups in total. The second-order valence-corrected chi connectivity index (χ2v) is 5.19. The minimum atomic E-state index is -0.312. The zero-order valence-corrected chi connectivity index (χ0v) is 10.5. The molecule has 1 aromatic carbocycles. The van der Waals surface area contributed by atoms with Crippen molar-refractivity contribution in [3.63, 3.8) is 0 Å². The van der Waals surface area contributed by atoms with Crippen LogP contribution in [0.15, 0.2) is 29.2 Å². The normalized spacial score (nSPS) is 17.9. The molecular formula is C13H13NO2S. The first kappa shape index (κ1) is 11.9. The van der Waals surface area contributed by atoms with Crippen molar-refractivity contribution in [2.45, 2.75) is 19.8 Å². The third-order valence-electron chi connectivity index (χ3n) is 2.54. The van der Waals surface area contributed by atoms with Crippen molar-refractivity contribution in [2.75, 3.05) is 0 Å². The Hall–Kier alpha value is -1.55. The summed E-state index contributed by atoms with van der Waals surface area (Å²) in [4.78, 5) is 22.8. The zero-order valence-electron chi connectivity index (χ0n) is 9.69. The van der Waals surface area contributed by atoms with Gasteiger partial charge in [-0.05, 0) is 34.9 Å². The Bertz CT molecular complexity index is 489. The van der Waals surface area contributed by atoms with Crippen LogP contribution < -0.4 is 5.32 Å². The maximum Gasteiger partial charge on any atom is 0.290 e. The Morgan fingerprint density at radius 2 is 1.82 bits per heavy atom. The molecule has 1 fully saturated rings. The molecule has 2 rings (SSSR count). The smallest absolute Gasteiger partial charge is 0.282 e. The summed E-state index contributed by atoms with van der Waals surface area (Å²) in [5.74, 6) is 0.176. The molecule has 0 spiro atoms. The summed E-state index contributed by atoms with van der Waals surface area (Å²) in [6.45, 7) is 4.26. The molecule has 17 heavy (non-hydrogen) atoms. The maximum absolute atomic E-state index is 11.3. The predicted octanol–water partition coefficient (Wildman–Crippen LogP) is 3.13. The second kappa shape index (κ2) is 4.75. The topological polar surface area (TPSA) is 46.2 Å². The summed E-state index contributed by atoms with van der Waals surface area (Å²) < 4.78 is 0. The van der Waals surface area contributed by atoms with Crippen LogP contribution in [0.4, 0.5) is 4.79 Å². The lowest BCUT2D eigenvalue weighted by Gasteiger charge is -2.04. The minimum absolute atomic E-state index is 0.306. The molecule has 3 nitrogen and oxygen atoms in total. The lowest BCUT2D eigenvalue weighted by molar-refractivity contribution is -0.115. The summed E-state index contributed by atoms with van der Waals surface area (Å²) in [6, 6.07) is 7.99. The van der Waals surface area contributed by atoms with Crippen LogP contribution in [0, 0.1) is 0 Å². The minimum Gasteiger partial charge on any atom is -0.282 e. The molecule has 1 saturated heterocycles. The van der Waals surface area contributed by atoms with Gasteiger partial charge in [-0.15, -0.1) is 0 Å². The van der Waals surface area contributed by atoms with Crippen molar-refractivity contribution in [3.8, 4) is 0 Å². The van der Waals surface area contributed by atoms with Crippen molar-refractivity contribution in [3.05, 3.63) is 40.3 Å².